The van der Waals surface area contributed by atoms with Gasteiger partial charge in [0, 0.05) is 18.8 Å². The van der Waals surface area contributed by atoms with Crippen molar-refractivity contribution in [3.63, 3.8) is 0 Å². The molecule has 0 atom stereocenters. The molecular formula is C13H21NO2. The third kappa shape index (κ3) is 3.83. The van der Waals surface area contributed by atoms with Gasteiger partial charge in [-0.25, -0.2) is 0 Å². The molecule has 0 heterocycles. The molecule has 0 amide bonds. The smallest absolute Gasteiger partial charge is 0.0765 e. The van der Waals surface area contributed by atoms with Crippen molar-refractivity contribution in [2.45, 2.75) is 33.0 Å². The van der Waals surface area contributed by atoms with E-state index < -0.39 is 5.60 Å². The zero-order valence-corrected chi connectivity index (χ0v) is 10.3. The van der Waals surface area contributed by atoms with Crippen molar-refractivity contribution in [2.24, 2.45) is 0 Å². The number of nitrogens with zero attached hydrogens (tertiary/aromatic N) is 1. The molecule has 0 fully saturated rings. The van der Waals surface area contributed by atoms with E-state index in [0.717, 1.165) is 17.8 Å². The van der Waals surface area contributed by atoms with E-state index in [1.165, 1.54) is 0 Å². The van der Waals surface area contributed by atoms with Gasteiger partial charge in [-0.3, -0.25) is 0 Å². The summed E-state index contributed by atoms with van der Waals surface area (Å²) in [5.41, 5.74) is 1.27. The maximum Gasteiger partial charge on any atom is 0.0765 e. The van der Waals surface area contributed by atoms with Crippen LogP contribution in [-0.4, -0.2) is 28.9 Å². The fraction of sp³-hybridized carbons (Fsp3) is 0.538. The van der Waals surface area contributed by atoms with E-state index in [0.29, 0.717) is 6.54 Å². The molecular weight excluding hydrogens is 202 g/mol. The molecule has 3 heteroatoms. The Labute approximate surface area is 97.3 Å². The summed E-state index contributed by atoms with van der Waals surface area (Å²) in [5.74, 6) is 0. The van der Waals surface area contributed by atoms with Crippen LogP contribution in [0.2, 0.25) is 0 Å². The van der Waals surface area contributed by atoms with Crippen LogP contribution in [0.5, 0.6) is 0 Å². The van der Waals surface area contributed by atoms with Crippen LogP contribution in [0.1, 0.15) is 26.3 Å². The Balaban J connectivity index is 2.79. The molecule has 0 radical (unpaired) electrons. The molecule has 90 valence electrons. The van der Waals surface area contributed by atoms with Crippen molar-refractivity contribution in [1.82, 2.24) is 0 Å². The predicted octanol–water partition coefficient (Wildman–Crippen LogP) is 1.78. The van der Waals surface area contributed by atoms with Gasteiger partial charge in [-0.05, 0) is 38.5 Å². The largest absolute Gasteiger partial charge is 0.392 e. The molecule has 3 nitrogen and oxygen atoms in total. The van der Waals surface area contributed by atoms with E-state index >= 15 is 0 Å². The third-order valence-electron chi connectivity index (χ3n) is 2.44. The van der Waals surface area contributed by atoms with Crippen LogP contribution in [0.4, 0.5) is 5.69 Å². The number of aliphatic hydroxyl groups excluding tert-OH is 1. The Morgan fingerprint density at radius 3 is 2.12 bits per heavy atom. The van der Waals surface area contributed by atoms with E-state index in [1.807, 2.05) is 24.3 Å². The van der Waals surface area contributed by atoms with E-state index in [2.05, 4.69) is 11.8 Å². The number of benzene rings is 1. The number of aliphatic hydroxyl groups is 2. The molecule has 0 saturated carbocycles. The SMILES string of the molecule is CCN(CC(C)(C)O)c1ccc(CO)cc1. The fourth-order valence-electron chi connectivity index (χ4n) is 1.66. The fourth-order valence-corrected chi connectivity index (χ4v) is 1.66. The van der Waals surface area contributed by atoms with Gasteiger partial charge in [-0.2, -0.15) is 0 Å². The molecule has 0 aliphatic rings. The first-order valence-corrected chi connectivity index (χ1v) is 5.63. The van der Waals surface area contributed by atoms with Crippen LogP contribution in [0.3, 0.4) is 0 Å². The molecule has 0 saturated heterocycles. The lowest BCUT2D eigenvalue weighted by molar-refractivity contribution is 0.0876. The molecule has 0 aliphatic heterocycles. The highest BCUT2D eigenvalue weighted by atomic mass is 16.3. The summed E-state index contributed by atoms with van der Waals surface area (Å²) in [4.78, 5) is 2.11. The molecule has 16 heavy (non-hydrogen) atoms. The molecule has 1 aromatic rings. The van der Waals surface area contributed by atoms with E-state index in [-0.39, 0.29) is 6.61 Å². The zero-order valence-electron chi connectivity index (χ0n) is 10.3. The summed E-state index contributed by atoms with van der Waals surface area (Å²) in [6.07, 6.45) is 0. The maximum absolute atomic E-state index is 9.80. The van der Waals surface area contributed by atoms with Crippen LogP contribution in [-0.2, 0) is 6.61 Å². The molecule has 0 unspecified atom stereocenters. The number of rotatable bonds is 5. The van der Waals surface area contributed by atoms with Gasteiger partial charge in [0.15, 0.2) is 0 Å². The van der Waals surface area contributed by atoms with E-state index in [9.17, 15) is 5.11 Å². The van der Waals surface area contributed by atoms with Gasteiger partial charge >= 0.3 is 0 Å². The third-order valence-corrected chi connectivity index (χ3v) is 2.44. The molecule has 0 spiro atoms. The number of hydrogen-bond acceptors (Lipinski definition) is 3. The highest BCUT2D eigenvalue weighted by Crippen LogP contribution is 2.17. The second kappa shape index (κ2) is 5.32. The van der Waals surface area contributed by atoms with Crippen molar-refractivity contribution in [2.75, 3.05) is 18.0 Å². The van der Waals surface area contributed by atoms with Crippen molar-refractivity contribution < 1.29 is 10.2 Å². The van der Waals surface area contributed by atoms with Gasteiger partial charge in [0.05, 0.1) is 12.2 Å². The minimum absolute atomic E-state index is 0.0674. The Hall–Kier alpha value is -1.06. The number of likely N-dealkylation sites (N-methyl/N-ethyl adjacent to an activating group) is 1. The van der Waals surface area contributed by atoms with Crippen molar-refractivity contribution in [1.29, 1.82) is 0 Å². The average molecular weight is 223 g/mol. The van der Waals surface area contributed by atoms with Gasteiger partial charge in [-0.15, -0.1) is 0 Å². The van der Waals surface area contributed by atoms with Gasteiger partial charge in [0.1, 0.15) is 0 Å². The second-order valence-corrected chi connectivity index (χ2v) is 4.65. The van der Waals surface area contributed by atoms with Gasteiger partial charge in [-0.1, -0.05) is 12.1 Å². The molecule has 0 aromatic heterocycles. The molecule has 1 aromatic carbocycles. The predicted molar refractivity (Wildman–Crippen MR) is 66.5 cm³/mol. The van der Waals surface area contributed by atoms with Gasteiger partial charge in [0.25, 0.3) is 0 Å². The first-order chi connectivity index (χ1) is 7.46. The zero-order chi connectivity index (χ0) is 12.2. The molecule has 2 N–H and O–H groups in total. The first-order valence-electron chi connectivity index (χ1n) is 5.63. The Kier molecular flexibility index (Phi) is 4.33. The normalized spacial score (nSPS) is 11.6. The molecule has 0 bridgehead atoms. The van der Waals surface area contributed by atoms with Crippen LogP contribution in [0, 0.1) is 0 Å². The van der Waals surface area contributed by atoms with Crippen molar-refractivity contribution in [3.8, 4) is 0 Å². The Morgan fingerprint density at radius 1 is 1.19 bits per heavy atom. The second-order valence-electron chi connectivity index (χ2n) is 4.65. The summed E-state index contributed by atoms with van der Waals surface area (Å²) in [6, 6.07) is 7.76. The Bertz CT molecular complexity index is 314. The van der Waals surface area contributed by atoms with Crippen LogP contribution in [0.15, 0.2) is 24.3 Å². The highest BCUT2D eigenvalue weighted by Gasteiger charge is 2.17. The van der Waals surface area contributed by atoms with Crippen LogP contribution in [0.25, 0.3) is 0 Å². The van der Waals surface area contributed by atoms with Gasteiger partial charge < -0.3 is 15.1 Å². The summed E-state index contributed by atoms with van der Waals surface area (Å²) < 4.78 is 0. The first kappa shape index (κ1) is 13.0. The monoisotopic (exact) mass is 223 g/mol. The maximum atomic E-state index is 9.80. The summed E-state index contributed by atoms with van der Waals surface area (Å²) in [5, 5.41) is 18.8. The highest BCUT2D eigenvalue weighted by molar-refractivity contribution is 5.47. The molecule has 0 aliphatic carbocycles. The minimum atomic E-state index is -0.703. The lowest BCUT2D eigenvalue weighted by Crippen LogP contribution is -2.38. The summed E-state index contributed by atoms with van der Waals surface area (Å²) >= 11 is 0. The van der Waals surface area contributed by atoms with Crippen molar-refractivity contribution in [3.05, 3.63) is 29.8 Å². The average Bonchev–Trinajstić information content (AvgIpc) is 2.25. The van der Waals surface area contributed by atoms with E-state index in [4.69, 9.17) is 5.11 Å². The van der Waals surface area contributed by atoms with E-state index in [1.54, 1.807) is 13.8 Å². The quantitative estimate of drug-likeness (QED) is 0.799. The van der Waals surface area contributed by atoms with Gasteiger partial charge in [0.2, 0.25) is 0 Å². The number of anilines is 1. The standard InChI is InChI=1S/C13H21NO2/c1-4-14(10-13(2,3)16)12-7-5-11(9-15)6-8-12/h5-8,15-16H,4,9-10H2,1-3H3. The van der Waals surface area contributed by atoms with Crippen LogP contribution < -0.4 is 4.90 Å². The lowest BCUT2D eigenvalue weighted by atomic mass is 10.1. The Morgan fingerprint density at radius 2 is 1.75 bits per heavy atom. The number of hydrogen-bond donors (Lipinski definition) is 2. The summed E-state index contributed by atoms with van der Waals surface area (Å²) in [6.45, 7) is 7.18. The van der Waals surface area contributed by atoms with Crippen LogP contribution >= 0.6 is 0 Å². The lowest BCUT2D eigenvalue weighted by Gasteiger charge is -2.30. The minimum Gasteiger partial charge on any atom is -0.392 e. The topological polar surface area (TPSA) is 43.7 Å². The van der Waals surface area contributed by atoms with Crippen molar-refractivity contribution >= 4 is 5.69 Å². The summed E-state index contributed by atoms with van der Waals surface area (Å²) in [7, 11) is 0. The molecule has 1 rings (SSSR count).